The Morgan fingerprint density at radius 3 is 2.21 bits per heavy atom. The molecule has 1 fully saturated rings. The molecule has 0 atom stereocenters. The first-order chi connectivity index (χ1) is 6.38. The molecule has 0 aromatic heterocycles. The highest BCUT2D eigenvalue weighted by molar-refractivity contribution is 6.02. The van der Waals surface area contributed by atoms with Gasteiger partial charge in [-0.05, 0) is 27.2 Å². The maximum atomic E-state index is 11.8. The molecule has 14 heavy (non-hydrogen) atoms. The quantitative estimate of drug-likeness (QED) is 0.630. The molecule has 1 saturated heterocycles. The highest BCUT2D eigenvalue weighted by Crippen LogP contribution is 2.21. The first-order valence-electron chi connectivity index (χ1n) is 5.00. The van der Waals surface area contributed by atoms with Crippen LogP contribution in [0.1, 0.15) is 34.1 Å². The maximum Gasteiger partial charge on any atom is 0.327 e. The third kappa shape index (κ3) is 1.89. The molecule has 3 amide bonds. The molecule has 4 nitrogen and oxygen atoms in total. The molecule has 1 aliphatic heterocycles. The molecule has 0 aromatic carbocycles. The standard InChI is InChI=1S/C10H18N2O2/c1-5-6-11-7-8(13)12(9(11)14)10(2,3)4/h5-7H2,1-4H3. The van der Waals surface area contributed by atoms with E-state index in [2.05, 4.69) is 0 Å². The maximum absolute atomic E-state index is 11.8. The second-order valence-electron chi connectivity index (χ2n) is 4.60. The molecule has 0 aliphatic carbocycles. The highest BCUT2D eigenvalue weighted by Gasteiger charge is 2.41. The van der Waals surface area contributed by atoms with Crippen molar-refractivity contribution in [3.63, 3.8) is 0 Å². The zero-order valence-corrected chi connectivity index (χ0v) is 9.33. The van der Waals surface area contributed by atoms with Crippen molar-refractivity contribution in [2.24, 2.45) is 0 Å². The number of amides is 3. The van der Waals surface area contributed by atoms with E-state index in [9.17, 15) is 9.59 Å². The Hall–Kier alpha value is -1.06. The summed E-state index contributed by atoms with van der Waals surface area (Å²) in [6, 6.07) is -0.149. The number of carbonyl (C=O) groups is 2. The summed E-state index contributed by atoms with van der Waals surface area (Å²) in [6.45, 7) is 8.52. The van der Waals surface area contributed by atoms with Gasteiger partial charge in [0.2, 0.25) is 0 Å². The van der Waals surface area contributed by atoms with Gasteiger partial charge in [-0.15, -0.1) is 0 Å². The van der Waals surface area contributed by atoms with Crippen LogP contribution in [0, 0.1) is 0 Å². The van der Waals surface area contributed by atoms with Crippen molar-refractivity contribution in [2.75, 3.05) is 13.1 Å². The van der Waals surface area contributed by atoms with Gasteiger partial charge in [0, 0.05) is 12.1 Å². The Morgan fingerprint density at radius 1 is 1.29 bits per heavy atom. The topological polar surface area (TPSA) is 40.6 Å². The van der Waals surface area contributed by atoms with E-state index in [1.807, 2.05) is 27.7 Å². The van der Waals surface area contributed by atoms with Crippen molar-refractivity contribution in [3.8, 4) is 0 Å². The lowest BCUT2D eigenvalue weighted by Crippen LogP contribution is -2.46. The zero-order valence-electron chi connectivity index (χ0n) is 9.33. The van der Waals surface area contributed by atoms with Gasteiger partial charge < -0.3 is 4.90 Å². The minimum absolute atomic E-state index is 0.0871. The summed E-state index contributed by atoms with van der Waals surface area (Å²) in [6.07, 6.45) is 0.886. The van der Waals surface area contributed by atoms with Crippen LogP contribution >= 0.6 is 0 Å². The van der Waals surface area contributed by atoms with E-state index in [1.54, 1.807) is 4.90 Å². The normalized spacial score (nSPS) is 18.3. The van der Waals surface area contributed by atoms with E-state index in [0.29, 0.717) is 6.54 Å². The summed E-state index contributed by atoms with van der Waals surface area (Å²) in [5.41, 5.74) is -0.406. The predicted octanol–water partition coefficient (Wildman–Crippen LogP) is 1.46. The Labute approximate surface area is 84.9 Å². The van der Waals surface area contributed by atoms with Gasteiger partial charge in [0.15, 0.2) is 0 Å². The van der Waals surface area contributed by atoms with Crippen molar-refractivity contribution in [1.82, 2.24) is 9.80 Å². The van der Waals surface area contributed by atoms with Crippen LogP contribution < -0.4 is 0 Å². The minimum Gasteiger partial charge on any atom is -0.315 e. The number of hydrogen-bond acceptors (Lipinski definition) is 2. The summed E-state index contributed by atoms with van der Waals surface area (Å²) in [5, 5.41) is 0. The Balaban J connectivity index is 2.81. The summed E-state index contributed by atoms with van der Waals surface area (Å²) in [4.78, 5) is 26.3. The average molecular weight is 198 g/mol. The molecule has 0 aromatic rings. The van der Waals surface area contributed by atoms with E-state index in [0.717, 1.165) is 6.42 Å². The zero-order chi connectivity index (χ0) is 10.9. The lowest BCUT2D eigenvalue weighted by atomic mass is 10.1. The van der Waals surface area contributed by atoms with E-state index >= 15 is 0 Å². The van der Waals surface area contributed by atoms with Crippen molar-refractivity contribution < 1.29 is 9.59 Å². The summed E-state index contributed by atoms with van der Waals surface area (Å²) in [7, 11) is 0. The van der Waals surface area contributed by atoms with Gasteiger partial charge in [-0.1, -0.05) is 6.92 Å². The monoisotopic (exact) mass is 198 g/mol. The summed E-state index contributed by atoms with van der Waals surface area (Å²) < 4.78 is 0. The van der Waals surface area contributed by atoms with Gasteiger partial charge in [0.25, 0.3) is 5.91 Å². The van der Waals surface area contributed by atoms with Gasteiger partial charge in [-0.25, -0.2) is 4.79 Å². The molecular weight excluding hydrogens is 180 g/mol. The number of rotatable bonds is 2. The second-order valence-corrected chi connectivity index (χ2v) is 4.60. The number of imide groups is 1. The van der Waals surface area contributed by atoms with Crippen LogP contribution in [-0.2, 0) is 4.79 Å². The molecule has 0 saturated carbocycles. The number of carbonyl (C=O) groups excluding carboxylic acids is 2. The molecule has 0 bridgehead atoms. The average Bonchev–Trinajstić information content (AvgIpc) is 2.26. The van der Waals surface area contributed by atoms with E-state index in [1.165, 1.54) is 4.90 Å². The van der Waals surface area contributed by atoms with E-state index < -0.39 is 5.54 Å². The predicted molar refractivity (Wildman–Crippen MR) is 53.9 cm³/mol. The molecule has 0 radical (unpaired) electrons. The van der Waals surface area contributed by atoms with Gasteiger partial charge in [-0.3, -0.25) is 9.69 Å². The lowest BCUT2D eigenvalue weighted by Gasteiger charge is -2.29. The molecule has 0 spiro atoms. The summed E-state index contributed by atoms with van der Waals surface area (Å²) >= 11 is 0. The minimum atomic E-state index is -0.406. The molecule has 4 heteroatoms. The highest BCUT2D eigenvalue weighted by atomic mass is 16.2. The first-order valence-corrected chi connectivity index (χ1v) is 5.00. The smallest absolute Gasteiger partial charge is 0.315 e. The van der Waals surface area contributed by atoms with Crippen LogP contribution in [-0.4, -0.2) is 40.4 Å². The van der Waals surface area contributed by atoms with Crippen LogP contribution in [0.25, 0.3) is 0 Å². The molecule has 0 unspecified atom stereocenters. The first kappa shape index (κ1) is 11.0. The van der Waals surface area contributed by atoms with Gasteiger partial charge in [0.1, 0.15) is 6.54 Å². The van der Waals surface area contributed by atoms with Gasteiger partial charge in [-0.2, -0.15) is 0 Å². The van der Waals surface area contributed by atoms with Crippen molar-refractivity contribution in [3.05, 3.63) is 0 Å². The van der Waals surface area contributed by atoms with Crippen molar-refractivity contribution in [1.29, 1.82) is 0 Å². The molecule has 0 N–H and O–H groups in total. The molecular formula is C10H18N2O2. The molecule has 80 valence electrons. The van der Waals surface area contributed by atoms with Crippen molar-refractivity contribution >= 4 is 11.9 Å². The summed E-state index contributed by atoms with van der Waals surface area (Å²) in [5.74, 6) is -0.0871. The van der Waals surface area contributed by atoms with Crippen LogP contribution in [0.3, 0.4) is 0 Å². The van der Waals surface area contributed by atoms with E-state index in [-0.39, 0.29) is 18.5 Å². The second kappa shape index (κ2) is 3.59. The van der Waals surface area contributed by atoms with Crippen LogP contribution in [0.15, 0.2) is 0 Å². The molecule has 1 aliphatic rings. The van der Waals surface area contributed by atoms with Gasteiger partial charge in [0.05, 0.1) is 0 Å². The molecule has 1 rings (SSSR count). The Kier molecular flexibility index (Phi) is 2.83. The van der Waals surface area contributed by atoms with Crippen molar-refractivity contribution in [2.45, 2.75) is 39.7 Å². The lowest BCUT2D eigenvalue weighted by molar-refractivity contribution is -0.128. The van der Waals surface area contributed by atoms with E-state index in [4.69, 9.17) is 0 Å². The fraction of sp³-hybridized carbons (Fsp3) is 0.800. The Bertz CT molecular complexity index is 255. The van der Waals surface area contributed by atoms with Gasteiger partial charge >= 0.3 is 6.03 Å². The van der Waals surface area contributed by atoms with Crippen LogP contribution in [0.5, 0.6) is 0 Å². The Morgan fingerprint density at radius 2 is 1.86 bits per heavy atom. The molecule has 1 heterocycles. The van der Waals surface area contributed by atoms with Crippen LogP contribution in [0.2, 0.25) is 0 Å². The third-order valence-electron chi connectivity index (χ3n) is 2.20. The van der Waals surface area contributed by atoms with Crippen LogP contribution in [0.4, 0.5) is 4.79 Å². The number of nitrogens with zero attached hydrogens (tertiary/aromatic N) is 2. The largest absolute Gasteiger partial charge is 0.327 e. The number of hydrogen-bond donors (Lipinski definition) is 0. The SMILES string of the molecule is CCCN1CC(=O)N(C(C)(C)C)C1=O. The fourth-order valence-electron chi connectivity index (χ4n) is 1.66. The fourth-order valence-corrected chi connectivity index (χ4v) is 1.66. The third-order valence-corrected chi connectivity index (χ3v) is 2.20. The number of urea groups is 1.